The fourth-order valence-corrected chi connectivity index (χ4v) is 2.96. The summed E-state index contributed by atoms with van der Waals surface area (Å²) in [4.78, 5) is 11.8. The molecule has 0 radical (unpaired) electrons. The van der Waals surface area contributed by atoms with Gasteiger partial charge in [0.25, 0.3) is 5.91 Å². The number of halogens is 3. The maximum absolute atomic E-state index is 13.6. The van der Waals surface area contributed by atoms with Gasteiger partial charge in [-0.2, -0.15) is 0 Å². The summed E-state index contributed by atoms with van der Waals surface area (Å²) < 4.78 is 27.4. The van der Waals surface area contributed by atoms with Gasteiger partial charge >= 0.3 is 0 Å². The lowest BCUT2D eigenvalue weighted by Gasteiger charge is -2.18. The van der Waals surface area contributed by atoms with Crippen molar-refractivity contribution in [2.75, 3.05) is 6.54 Å². The Morgan fingerprint density at radius 1 is 1.35 bits per heavy atom. The van der Waals surface area contributed by atoms with Crippen LogP contribution in [-0.4, -0.2) is 23.7 Å². The van der Waals surface area contributed by atoms with Crippen molar-refractivity contribution in [3.8, 4) is 0 Å². The highest BCUT2D eigenvalue weighted by atomic mass is 79.9. The number of carbonyl (C=O) groups excluding carboxylic acids is 1. The van der Waals surface area contributed by atoms with E-state index in [9.17, 15) is 18.7 Å². The molecule has 6 heteroatoms. The number of rotatable bonds is 4. The molecule has 1 atom stereocenters. The number of nitrogens with one attached hydrogen (secondary N) is 1. The smallest absolute Gasteiger partial charge is 0.257 e. The van der Waals surface area contributed by atoms with Gasteiger partial charge in [-0.3, -0.25) is 4.79 Å². The Labute approximate surface area is 124 Å². The number of amides is 1. The van der Waals surface area contributed by atoms with Crippen LogP contribution < -0.4 is 5.32 Å². The fraction of sp³-hybridized carbons (Fsp3) is 0.500. The maximum Gasteiger partial charge on any atom is 0.257 e. The first-order chi connectivity index (χ1) is 9.49. The molecule has 110 valence electrons. The van der Waals surface area contributed by atoms with Crippen LogP contribution in [0, 0.1) is 17.6 Å². The molecular formula is C14H16BrF2NO2. The number of hydrogen-bond donors (Lipinski definition) is 2. The lowest BCUT2D eigenvalue weighted by molar-refractivity contribution is 0.0833. The Morgan fingerprint density at radius 3 is 2.45 bits per heavy atom. The van der Waals surface area contributed by atoms with Gasteiger partial charge in [0, 0.05) is 11.0 Å². The van der Waals surface area contributed by atoms with Crippen LogP contribution in [0.2, 0.25) is 0 Å². The zero-order valence-corrected chi connectivity index (χ0v) is 12.4. The highest BCUT2D eigenvalue weighted by Gasteiger charge is 2.25. The molecule has 0 saturated heterocycles. The van der Waals surface area contributed by atoms with Gasteiger partial charge in [-0.25, -0.2) is 8.78 Å². The second kappa shape index (κ2) is 6.63. The van der Waals surface area contributed by atoms with E-state index in [1.54, 1.807) is 0 Å². The number of benzene rings is 1. The van der Waals surface area contributed by atoms with Gasteiger partial charge in [-0.15, -0.1) is 0 Å². The second-order valence-corrected chi connectivity index (χ2v) is 5.98. The van der Waals surface area contributed by atoms with Gasteiger partial charge in [0.2, 0.25) is 0 Å². The first-order valence-corrected chi connectivity index (χ1v) is 7.39. The molecule has 1 unspecified atom stereocenters. The summed E-state index contributed by atoms with van der Waals surface area (Å²) in [5, 5.41) is 12.3. The third-order valence-corrected chi connectivity index (χ3v) is 4.11. The zero-order chi connectivity index (χ0) is 14.7. The molecule has 1 aliphatic rings. The maximum atomic E-state index is 13.6. The minimum Gasteiger partial charge on any atom is -0.391 e. The molecular weight excluding hydrogens is 332 g/mol. The van der Waals surface area contributed by atoms with E-state index >= 15 is 0 Å². The van der Waals surface area contributed by atoms with Crippen LogP contribution >= 0.6 is 15.9 Å². The van der Waals surface area contributed by atoms with Crippen LogP contribution in [0.15, 0.2) is 16.6 Å². The van der Waals surface area contributed by atoms with Crippen molar-refractivity contribution in [2.24, 2.45) is 5.92 Å². The molecule has 1 amide bonds. The summed E-state index contributed by atoms with van der Waals surface area (Å²) >= 11 is 2.95. The van der Waals surface area contributed by atoms with Crippen molar-refractivity contribution in [3.63, 3.8) is 0 Å². The van der Waals surface area contributed by atoms with Crippen molar-refractivity contribution in [3.05, 3.63) is 33.8 Å². The van der Waals surface area contributed by atoms with Crippen LogP contribution in [0.25, 0.3) is 0 Å². The molecule has 1 fully saturated rings. The standard InChI is InChI=1S/C14H16BrF2NO2/c15-9-5-10(16)13(11(17)6-9)14(20)18-7-12(19)8-3-1-2-4-8/h5-6,8,12,19H,1-4,7H2,(H,18,20). The molecule has 0 spiro atoms. The van der Waals surface area contributed by atoms with Crippen molar-refractivity contribution >= 4 is 21.8 Å². The number of carbonyl (C=O) groups is 1. The summed E-state index contributed by atoms with van der Waals surface area (Å²) in [5.41, 5.74) is -0.619. The Bertz CT molecular complexity index is 481. The lowest BCUT2D eigenvalue weighted by Crippen LogP contribution is -2.36. The first kappa shape index (κ1) is 15.4. The number of aliphatic hydroxyl groups is 1. The molecule has 0 aromatic heterocycles. The van der Waals surface area contributed by atoms with E-state index in [1.807, 2.05) is 0 Å². The van der Waals surface area contributed by atoms with Crippen molar-refractivity contribution in [1.29, 1.82) is 0 Å². The average molecular weight is 348 g/mol. The third kappa shape index (κ3) is 3.55. The quantitative estimate of drug-likeness (QED) is 0.879. The van der Waals surface area contributed by atoms with E-state index in [0.717, 1.165) is 37.8 Å². The monoisotopic (exact) mass is 347 g/mol. The molecule has 20 heavy (non-hydrogen) atoms. The molecule has 0 bridgehead atoms. The third-order valence-electron chi connectivity index (χ3n) is 3.65. The summed E-state index contributed by atoms with van der Waals surface area (Å²) in [6.07, 6.45) is 3.34. The SMILES string of the molecule is O=C(NCC(O)C1CCCC1)c1c(F)cc(Br)cc1F. The van der Waals surface area contributed by atoms with Gasteiger partial charge < -0.3 is 10.4 Å². The second-order valence-electron chi connectivity index (χ2n) is 5.07. The van der Waals surface area contributed by atoms with Crippen LogP contribution in [-0.2, 0) is 0 Å². The predicted octanol–water partition coefficient (Wildman–Crippen LogP) is 3.01. The minimum absolute atomic E-state index is 0.0123. The summed E-state index contributed by atoms with van der Waals surface area (Å²) in [5.74, 6) is -2.53. The molecule has 3 nitrogen and oxygen atoms in total. The minimum atomic E-state index is -0.926. The van der Waals surface area contributed by atoms with Gasteiger partial charge in [-0.1, -0.05) is 28.8 Å². The lowest BCUT2D eigenvalue weighted by atomic mass is 10.0. The molecule has 2 N–H and O–H groups in total. The average Bonchev–Trinajstić information content (AvgIpc) is 2.88. The summed E-state index contributed by atoms with van der Waals surface area (Å²) in [6, 6.07) is 2.07. The molecule has 0 heterocycles. The number of aliphatic hydroxyl groups excluding tert-OH is 1. The fourth-order valence-electron chi connectivity index (χ4n) is 2.55. The molecule has 1 aliphatic carbocycles. The van der Waals surface area contributed by atoms with E-state index in [0.29, 0.717) is 0 Å². The molecule has 1 aromatic carbocycles. The van der Waals surface area contributed by atoms with E-state index in [-0.39, 0.29) is 16.9 Å². The van der Waals surface area contributed by atoms with Crippen molar-refractivity contribution in [1.82, 2.24) is 5.32 Å². The summed E-state index contributed by atoms with van der Waals surface area (Å²) in [6.45, 7) is 0.0123. The van der Waals surface area contributed by atoms with Crippen LogP contribution in [0.5, 0.6) is 0 Å². The topological polar surface area (TPSA) is 49.3 Å². The largest absolute Gasteiger partial charge is 0.391 e. The molecule has 0 aliphatic heterocycles. The van der Waals surface area contributed by atoms with E-state index in [1.165, 1.54) is 0 Å². The van der Waals surface area contributed by atoms with Gasteiger partial charge in [-0.05, 0) is 30.9 Å². The molecule has 1 aromatic rings. The summed E-state index contributed by atoms with van der Waals surface area (Å²) in [7, 11) is 0. The Hall–Kier alpha value is -1.01. The van der Waals surface area contributed by atoms with Crippen molar-refractivity contribution in [2.45, 2.75) is 31.8 Å². The predicted molar refractivity (Wildman–Crippen MR) is 74.4 cm³/mol. The number of hydrogen-bond acceptors (Lipinski definition) is 2. The first-order valence-electron chi connectivity index (χ1n) is 6.60. The van der Waals surface area contributed by atoms with Crippen LogP contribution in [0.3, 0.4) is 0 Å². The Morgan fingerprint density at radius 2 is 1.90 bits per heavy atom. The van der Waals surface area contributed by atoms with Crippen LogP contribution in [0.1, 0.15) is 36.0 Å². The van der Waals surface area contributed by atoms with Crippen LogP contribution in [0.4, 0.5) is 8.78 Å². The van der Waals surface area contributed by atoms with E-state index < -0.39 is 29.2 Å². The Kier molecular flexibility index (Phi) is 5.10. The highest BCUT2D eigenvalue weighted by molar-refractivity contribution is 9.10. The molecule has 2 rings (SSSR count). The highest BCUT2D eigenvalue weighted by Crippen LogP contribution is 2.27. The van der Waals surface area contributed by atoms with Gasteiger partial charge in [0.15, 0.2) is 0 Å². The van der Waals surface area contributed by atoms with E-state index in [4.69, 9.17) is 0 Å². The van der Waals surface area contributed by atoms with Gasteiger partial charge in [0.05, 0.1) is 6.10 Å². The van der Waals surface area contributed by atoms with Crippen molar-refractivity contribution < 1.29 is 18.7 Å². The molecule has 1 saturated carbocycles. The van der Waals surface area contributed by atoms with Gasteiger partial charge in [0.1, 0.15) is 17.2 Å². The normalized spacial score (nSPS) is 17.2. The van der Waals surface area contributed by atoms with E-state index in [2.05, 4.69) is 21.2 Å². The zero-order valence-electron chi connectivity index (χ0n) is 10.8. The Balaban J connectivity index is 1.98.